The molecule has 3 aliphatic rings. The number of benzene rings is 2. The van der Waals surface area contributed by atoms with Gasteiger partial charge in [-0.2, -0.15) is 0 Å². The predicted octanol–water partition coefficient (Wildman–Crippen LogP) is 2.79. The zero-order chi connectivity index (χ0) is 25.3. The van der Waals surface area contributed by atoms with Gasteiger partial charge >= 0.3 is 5.97 Å². The first-order valence-electron chi connectivity index (χ1n) is 11.9. The summed E-state index contributed by atoms with van der Waals surface area (Å²) < 4.78 is 12.2. The van der Waals surface area contributed by atoms with Crippen molar-refractivity contribution < 1.29 is 34.1 Å². The molecule has 36 heavy (non-hydrogen) atoms. The molecular weight excluding hydrogens is 482 g/mol. The van der Waals surface area contributed by atoms with Gasteiger partial charge in [-0.3, -0.25) is 14.4 Å². The fourth-order valence-electron chi connectivity index (χ4n) is 4.82. The third-order valence-corrected chi connectivity index (χ3v) is 8.12. The summed E-state index contributed by atoms with van der Waals surface area (Å²) in [5.41, 5.74) is 1.37. The Bertz CT molecular complexity index is 1210. The number of carboxylic acids is 1. The van der Waals surface area contributed by atoms with Crippen molar-refractivity contribution >= 4 is 35.1 Å². The molecule has 0 bridgehead atoms. The molecule has 0 saturated carbocycles. The highest BCUT2D eigenvalue weighted by atomic mass is 32.2. The monoisotopic (exact) mass is 509 g/mol. The largest absolute Gasteiger partial charge is 0.491 e. The van der Waals surface area contributed by atoms with E-state index in [0.29, 0.717) is 45.4 Å². The van der Waals surface area contributed by atoms with Crippen molar-refractivity contribution in [1.29, 1.82) is 0 Å². The van der Waals surface area contributed by atoms with E-state index in [-0.39, 0.29) is 13.0 Å². The van der Waals surface area contributed by atoms with Gasteiger partial charge in [0.2, 0.25) is 11.6 Å². The molecule has 1 spiro atoms. The second-order valence-electron chi connectivity index (χ2n) is 9.42. The molecule has 188 valence electrons. The summed E-state index contributed by atoms with van der Waals surface area (Å²) >= 11 is 1.42. The lowest BCUT2D eigenvalue weighted by molar-refractivity contribution is -0.136. The fraction of sp³-hybridized carbons (Fsp3) is 0.370. The number of aliphatic hydroxyl groups excluding tert-OH is 1. The molecule has 1 fully saturated rings. The average molecular weight is 510 g/mol. The maximum atomic E-state index is 12.6. The van der Waals surface area contributed by atoms with Crippen LogP contribution in [0.1, 0.15) is 34.3 Å². The summed E-state index contributed by atoms with van der Waals surface area (Å²) in [6.45, 7) is 2.07. The Balaban J connectivity index is 1.14. The van der Waals surface area contributed by atoms with Gasteiger partial charge in [0.1, 0.15) is 34.7 Å². The van der Waals surface area contributed by atoms with E-state index < -0.39 is 29.2 Å². The number of ether oxygens (including phenoxy) is 2. The second-order valence-corrected chi connectivity index (χ2v) is 10.4. The molecule has 1 saturated heterocycles. The molecule has 2 heterocycles. The van der Waals surface area contributed by atoms with Crippen molar-refractivity contribution in [2.45, 2.75) is 31.0 Å². The summed E-state index contributed by atoms with van der Waals surface area (Å²) in [5.74, 6) is -0.117. The standard InChI is InChI=1S/C27H27NO7S/c29-18(15-34-19-7-5-17(6-8-19)13-22(30)31)14-28-11-9-27(10-12-28)16-36-26-24(33)23(32)20-3-1-2-4-21(20)25(26)35-27/h1-8,18,29H,9-16H2,(H,30,31)/t18-/m1/s1. The number of aliphatic hydroxyl groups is 1. The summed E-state index contributed by atoms with van der Waals surface area (Å²) in [4.78, 5) is 38.5. The number of thioether (sulfide) groups is 1. The summed E-state index contributed by atoms with van der Waals surface area (Å²) in [7, 11) is 0. The molecule has 0 unspecified atom stereocenters. The molecule has 8 nitrogen and oxygen atoms in total. The number of piperidine rings is 1. The Hall–Kier alpha value is -3.14. The molecule has 2 aliphatic heterocycles. The van der Waals surface area contributed by atoms with Crippen LogP contribution in [0.15, 0.2) is 53.4 Å². The fourth-order valence-corrected chi connectivity index (χ4v) is 6.08. The molecule has 5 rings (SSSR count). The normalized spacial score (nSPS) is 19.9. The zero-order valence-corrected chi connectivity index (χ0v) is 20.5. The lowest BCUT2D eigenvalue weighted by Gasteiger charge is -2.45. The van der Waals surface area contributed by atoms with E-state index in [0.717, 1.165) is 25.9 Å². The number of ketones is 2. The minimum atomic E-state index is -0.885. The van der Waals surface area contributed by atoms with Crippen LogP contribution in [0.25, 0.3) is 5.76 Å². The van der Waals surface area contributed by atoms with Crippen LogP contribution in [0.4, 0.5) is 0 Å². The molecule has 0 radical (unpaired) electrons. The van der Waals surface area contributed by atoms with Crippen molar-refractivity contribution in [2.24, 2.45) is 0 Å². The first kappa shape index (κ1) is 24.5. The topological polar surface area (TPSA) is 113 Å². The van der Waals surface area contributed by atoms with E-state index in [1.165, 1.54) is 11.8 Å². The van der Waals surface area contributed by atoms with Gasteiger partial charge in [-0.15, -0.1) is 11.8 Å². The first-order valence-corrected chi connectivity index (χ1v) is 12.9. The van der Waals surface area contributed by atoms with E-state index in [2.05, 4.69) is 4.90 Å². The SMILES string of the molecule is O=C(O)Cc1ccc(OC[C@H](O)CN2CCC3(CC2)CSC2=C(O3)c3ccccc3C(=O)C2=O)cc1. The van der Waals surface area contributed by atoms with Crippen molar-refractivity contribution in [3.05, 3.63) is 70.1 Å². The van der Waals surface area contributed by atoms with Crippen molar-refractivity contribution in [3.63, 3.8) is 0 Å². The number of hydrogen-bond acceptors (Lipinski definition) is 8. The first-order chi connectivity index (χ1) is 17.3. The number of rotatable bonds is 7. The predicted molar refractivity (Wildman–Crippen MR) is 134 cm³/mol. The van der Waals surface area contributed by atoms with Crippen molar-refractivity contribution in [2.75, 3.05) is 32.0 Å². The summed E-state index contributed by atoms with van der Waals surface area (Å²) in [6, 6.07) is 13.9. The number of nitrogens with zero attached hydrogens (tertiary/aromatic N) is 1. The molecule has 2 aromatic rings. The molecule has 2 N–H and O–H groups in total. The lowest BCUT2D eigenvalue weighted by atomic mass is 9.90. The highest BCUT2D eigenvalue weighted by molar-refractivity contribution is 8.04. The minimum Gasteiger partial charge on any atom is -0.491 e. The van der Waals surface area contributed by atoms with Crippen LogP contribution in [0.5, 0.6) is 5.75 Å². The van der Waals surface area contributed by atoms with Gasteiger partial charge in [-0.1, -0.05) is 36.4 Å². The van der Waals surface area contributed by atoms with Crippen LogP contribution in [-0.2, 0) is 20.7 Å². The average Bonchev–Trinajstić information content (AvgIpc) is 2.88. The molecular formula is C27H27NO7S. The number of Topliss-reactive ketones (excluding diaryl/α,β-unsaturated/α-hetero) is 2. The van der Waals surface area contributed by atoms with Gasteiger partial charge in [0, 0.05) is 49.4 Å². The van der Waals surface area contributed by atoms with Crippen LogP contribution in [-0.4, -0.2) is 76.3 Å². The number of aliphatic carboxylic acids is 1. The Kier molecular flexibility index (Phi) is 6.87. The van der Waals surface area contributed by atoms with Crippen molar-refractivity contribution in [3.8, 4) is 5.75 Å². The molecule has 1 atom stereocenters. The molecule has 0 aromatic heterocycles. The van der Waals surface area contributed by atoms with Gasteiger partial charge in [0.15, 0.2) is 0 Å². The third kappa shape index (κ3) is 5.04. The number of hydrogen-bond donors (Lipinski definition) is 2. The van der Waals surface area contributed by atoms with Crippen LogP contribution in [0.3, 0.4) is 0 Å². The number of carboxylic acid groups (broad SMARTS) is 1. The van der Waals surface area contributed by atoms with E-state index in [1.807, 2.05) is 12.1 Å². The maximum Gasteiger partial charge on any atom is 0.307 e. The molecule has 1 aliphatic carbocycles. The Morgan fingerprint density at radius 1 is 1.06 bits per heavy atom. The zero-order valence-electron chi connectivity index (χ0n) is 19.6. The van der Waals surface area contributed by atoms with Crippen LogP contribution >= 0.6 is 11.8 Å². The number of fused-ring (bicyclic) bond motifs is 2. The number of likely N-dealkylation sites (tertiary alicyclic amines) is 1. The Morgan fingerprint density at radius 2 is 1.75 bits per heavy atom. The minimum absolute atomic E-state index is 0.0406. The number of allylic oxidation sites excluding steroid dienone is 1. The highest BCUT2D eigenvalue weighted by Crippen LogP contribution is 2.47. The Labute approximate surface area is 212 Å². The van der Waals surface area contributed by atoms with E-state index in [4.69, 9.17) is 14.6 Å². The van der Waals surface area contributed by atoms with Gasteiger partial charge < -0.3 is 24.6 Å². The molecule has 0 amide bonds. The maximum absolute atomic E-state index is 12.6. The quantitative estimate of drug-likeness (QED) is 0.544. The summed E-state index contributed by atoms with van der Waals surface area (Å²) in [6.07, 6.45) is 0.781. The van der Waals surface area contributed by atoms with Crippen molar-refractivity contribution in [1.82, 2.24) is 4.90 Å². The van der Waals surface area contributed by atoms with Gasteiger partial charge in [-0.05, 0) is 17.7 Å². The highest BCUT2D eigenvalue weighted by Gasteiger charge is 2.46. The molecule has 9 heteroatoms. The lowest BCUT2D eigenvalue weighted by Crippen LogP contribution is -2.51. The number of carbonyl (C=O) groups is 3. The van der Waals surface area contributed by atoms with Gasteiger partial charge in [-0.25, -0.2) is 0 Å². The third-order valence-electron chi connectivity index (χ3n) is 6.79. The van der Waals surface area contributed by atoms with Crippen LogP contribution < -0.4 is 4.74 Å². The summed E-state index contributed by atoms with van der Waals surface area (Å²) in [5, 5.41) is 19.4. The van der Waals surface area contributed by atoms with Gasteiger partial charge in [0.25, 0.3) is 0 Å². The van der Waals surface area contributed by atoms with Crippen LogP contribution in [0.2, 0.25) is 0 Å². The number of carbonyl (C=O) groups excluding carboxylic acids is 2. The molecule has 2 aromatic carbocycles. The number of β-amino-alcohol motifs (C(OH)–C–C–N with tert-alkyl or cyclic N) is 1. The van der Waals surface area contributed by atoms with Gasteiger partial charge in [0.05, 0.1) is 6.42 Å². The smallest absolute Gasteiger partial charge is 0.307 e. The van der Waals surface area contributed by atoms with E-state index in [1.54, 1.807) is 36.4 Å². The van der Waals surface area contributed by atoms with E-state index >= 15 is 0 Å². The van der Waals surface area contributed by atoms with E-state index in [9.17, 15) is 19.5 Å². The Morgan fingerprint density at radius 3 is 2.44 bits per heavy atom. The van der Waals surface area contributed by atoms with Crippen LogP contribution in [0, 0.1) is 0 Å². The second kappa shape index (κ2) is 10.1.